The molecule has 0 spiro atoms. The molecule has 0 saturated heterocycles. The zero-order valence-corrected chi connectivity index (χ0v) is 12.7. The zero-order chi connectivity index (χ0) is 14.5. The van der Waals surface area contributed by atoms with E-state index in [0.29, 0.717) is 6.42 Å². The number of aliphatic hydroxyl groups excluding tert-OH is 1. The first-order chi connectivity index (χ1) is 9.58. The molecule has 0 heterocycles. The van der Waals surface area contributed by atoms with Crippen molar-refractivity contribution >= 4 is 0 Å². The van der Waals surface area contributed by atoms with Crippen LogP contribution in [0.2, 0.25) is 0 Å². The van der Waals surface area contributed by atoms with Crippen LogP contribution in [0.25, 0.3) is 0 Å². The summed E-state index contributed by atoms with van der Waals surface area (Å²) in [5.74, 6) is 0. The Morgan fingerprint density at radius 1 is 0.950 bits per heavy atom. The van der Waals surface area contributed by atoms with Gasteiger partial charge in [-0.2, -0.15) is 0 Å². The minimum Gasteiger partial charge on any atom is -0.388 e. The summed E-state index contributed by atoms with van der Waals surface area (Å²) in [6.45, 7) is 6.38. The third-order valence-electron chi connectivity index (χ3n) is 3.59. The topological polar surface area (TPSA) is 20.2 Å². The molecule has 2 aromatic rings. The Balaban J connectivity index is 2.14. The van der Waals surface area contributed by atoms with Crippen LogP contribution in [0.3, 0.4) is 0 Å². The standard InChI is InChI=1S/C19H24O/c1-4-6-16-7-5-8-18(12-16)19(20)13-17-10-14(2)9-15(3)11-17/h5,7-12,19-20H,4,6,13H2,1-3H3. The highest BCUT2D eigenvalue weighted by Crippen LogP contribution is 2.21. The smallest absolute Gasteiger partial charge is 0.0830 e. The van der Waals surface area contributed by atoms with E-state index in [0.717, 1.165) is 18.4 Å². The highest BCUT2D eigenvalue weighted by Gasteiger charge is 2.09. The second-order valence-corrected chi connectivity index (χ2v) is 5.71. The van der Waals surface area contributed by atoms with Gasteiger partial charge in [0.25, 0.3) is 0 Å². The van der Waals surface area contributed by atoms with Crippen LogP contribution in [0.5, 0.6) is 0 Å². The van der Waals surface area contributed by atoms with Gasteiger partial charge in [-0.3, -0.25) is 0 Å². The second kappa shape index (κ2) is 6.71. The first kappa shape index (κ1) is 14.8. The van der Waals surface area contributed by atoms with E-state index in [1.807, 2.05) is 12.1 Å². The number of benzene rings is 2. The molecule has 0 aliphatic heterocycles. The fraction of sp³-hybridized carbons (Fsp3) is 0.368. The molecular weight excluding hydrogens is 244 g/mol. The normalized spacial score (nSPS) is 12.4. The summed E-state index contributed by atoms with van der Waals surface area (Å²) in [6, 6.07) is 14.8. The molecule has 1 nitrogen and oxygen atoms in total. The molecule has 106 valence electrons. The lowest BCUT2D eigenvalue weighted by atomic mass is 9.97. The lowest BCUT2D eigenvalue weighted by molar-refractivity contribution is 0.178. The van der Waals surface area contributed by atoms with Crippen molar-refractivity contribution in [2.24, 2.45) is 0 Å². The van der Waals surface area contributed by atoms with Crippen molar-refractivity contribution in [2.45, 2.75) is 46.1 Å². The lowest BCUT2D eigenvalue weighted by Gasteiger charge is -2.13. The van der Waals surface area contributed by atoms with Crippen LogP contribution in [-0.2, 0) is 12.8 Å². The van der Waals surface area contributed by atoms with Crippen LogP contribution in [-0.4, -0.2) is 5.11 Å². The maximum absolute atomic E-state index is 10.4. The van der Waals surface area contributed by atoms with Gasteiger partial charge in [0, 0.05) is 6.42 Å². The van der Waals surface area contributed by atoms with Crippen molar-refractivity contribution in [3.8, 4) is 0 Å². The Hall–Kier alpha value is -1.60. The molecule has 2 rings (SSSR count). The van der Waals surface area contributed by atoms with Gasteiger partial charge < -0.3 is 5.11 Å². The number of hydrogen-bond acceptors (Lipinski definition) is 1. The van der Waals surface area contributed by atoms with E-state index in [1.165, 1.54) is 22.3 Å². The molecule has 0 bridgehead atoms. The molecule has 1 N–H and O–H groups in total. The van der Waals surface area contributed by atoms with Gasteiger partial charge >= 0.3 is 0 Å². The van der Waals surface area contributed by atoms with Gasteiger partial charge in [0.15, 0.2) is 0 Å². The van der Waals surface area contributed by atoms with E-state index >= 15 is 0 Å². The van der Waals surface area contributed by atoms with Gasteiger partial charge in [-0.25, -0.2) is 0 Å². The molecule has 0 aliphatic carbocycles. The molecule has 2 aromatic carbocycles. The van der Waals surface area contributed by atoms with E-state index in [2.05, 4.69) is 51.1 Å². The van der Waals surface area contributed by atoms with Crippen LogP contribution in [0.4, 0.5) is 0 Å². The van der Waals surface area contributed by atoms with Crippen molar-refractivity contribution < 1.29 is 5.11 Å². The Bertz CT molecular complexity index is 551. The van der Waals surface area contributed by atoms with Gasteiger partial charge in [0.2, 0.25) is 0 Å². The SMILES string of the molecule is CCCc1cccc(C(O)Cc2cc(C)cc(C)c2)c1. The number of aliphatic hydroxyl groups is 1. The van der Waals surface area contributed by atoms with Crippen LogP contribution in [0.15, 0.2) is 42.5 Å². The third kappa shape index (κ3) is 3.94. The zero-order valence-electron chi connectivity index (χ0n) is 12.7. The summed E-state index contributed by atoms with van der Waals surface area (Å²) in [5.41, 5.74) is 6.05. The van der Waals surface area contributed by atoms with Gasteiger partial charge in [0.05, 0.1) is 6.10 Å². The third-order valence-corrected chi connectivity index (χ3v) is 3.59. The Labute approximate surface area is 122 Å². The maximum atomic E-state index is 10.4. The monoisotopic (exact) mass is 268 g/mol. The molecule has 1 atom stereocenters. The Kier molecular flexibility index (Phi) is 4.97. The molecule has 0 radical (unpaired) electrons. The predicted octanol–water partition coefficient (Wildman–Crippen LogP) is 4.53. The Morgan fingerprint density at radius 2 is 1.65 bits per heavy atom. The van der Waals surface area contributed by atoms with Crippen molar-refractivity contribution in [2.75, 3.05) is 0 Å². The molecule has 0 aliphatic rings. The quantitative estimate of drug-likeness (QED) is 0.844. The fourth-order valence-electron chi connectivity index (χ4n) is 2.77. The van der Waals surface area contributed by atoms with Gasteiger partial charge in [-0.05, 0) is 37.0 Å². The molecule has 0 amide bonds. The average molecular weight is 268 g/mol. The summed E-state index contributed by atoms with van der Waals surface area (Å²) < 4.78 is 0. The number of hydrogen-bond donors (Lipinski definition) is 1. The predicted molar refractivity (Wildman–Crippen MR) is 85.0 cm³/mol. The van der Waals surface area contributed by atoms with Crippen LogP contribution < -0.4 is 0 Å². The van der Waals surface area contributed by atoms with Crippen LogP contribution in [0.1, 0.15) is 47.3 Å². The van der Waals surface area contributed by atoms with Crippen molar-refractivity contribution in [3.63, 3.8) is 0 Å². The van der Waals surface area contributed by atoms with Gasteiger partial charge in [-0.1, -0.05) is 66.9 Å². The first-order valence-electron chi connectivity index (χ1n) is 7.42. The largest absolute Gasteiger partial charge is 0.388 e. The summed E-state index contributed by atoms with van der Waals surface area (Å²) >= 11 is 0. The maximum Gasteiger partial charge on any atom is 0.0830 e. The molecule has 20 heavy (non-hydrogen) atoms. The highest BCUT2D eigenvalue weighted by atomic mass is 16.3. The Morgan fingerprint density at radius 3 is 2.30 bits per heavy atom. The first-order valence-corrected chi connectivity index (χ1v) is 7.42. The average Bonchev–Trinajstić information content (AvgIpc) is 2.38. The number of rotatable bonds is 5. The minimum atomic E-state index is -0.423. The number of aryl methyl sites for hydroxylation is 3. The van der Waals surface area contributed by atoms with E-state index in [1.54, 1.807) is 0 Å². The summed E-state index contributed by atoms with van der Waals surface area (Å²) in [4.78, 5) is 0. The fourth-order valence-corrected chi connectivity index (χ4v) is 2.77. The molecule has 1 unspecified atom stereocenters. The minimum absolute atomic E-state index is 0.423. The van der Waals surface area contributed by atoms with Crippen LogP contribution >= 0.6 is 0 Å². The van der Waals surface area contributed by atoms with E-state index in [9.17, 15) is 5.11 Å². The molecule has 0 aromatic heterocycles. The van der Waals surface area contributed by atoms with E-state index in [-0.39, 0.29) is 0 Å². The second-order valence-electron chi connectivity index (χ2n) is 5.71. The highest BCUT2D eigenvalue weighted by molar-refractivity contribution is 5.31. The van der Waals surface area contributed by atoms with Crippen molar-refractivity contribution in [1.29, 1.82) is 0 Å². The summed E-state index contributed by atoms with van der Waals surface area (Å²) in [7, 11) is 0. The summed E-state index contributed by atoms with van der Waals surface area (Å²) in [6.07, 6.45) is 2.46. The molecule has 1 heteroatoms. The van der Waals surface area contributed by atoms with Gasteiger partial charge in [-0.15, -0.1) is 0 Å². The van der Waals surface area contributed by atoms with Crippen LogP contribution in [0, 0.1) is 13.8 Å². The van der Waals surface area contributed by atoms with E-state index < -0.39 is 6.10 Å². The van der Waals surface area contributed by atoms with Gasteiger partial charge in [0.1, 0.15) is 0 Å². The van der Waals surface area contributed by atoms with Crippen molar-refractivity contribution in [1.82, 2.24) is 0 Å². The van der Waals surface area contributed by atoms with Crippen molar-refractivity contribution in [3.05, 3.63) is 70.3 Å². The molecule has 0 fully saturated rings. The molecular formula is C19H24O. The van der Waals surface area contributed by atoms with E-state index in [4.69, 9.17) is 0 Å². The molecule has 0 saturated carbocycles. The summed E-state index contributed by atoms with van der Waals surface area (Å²) in [5, 5.41) is 10.4. The lowest BCUT2D eigenvalue weighted by Crippen LogP contribution is -2.03.